The predicted molar refractivity (Wildman–Crippen MR) is 47.6 cm³/mol. The minimum atomic E-state index is -0.960. The highest BCUT2D eigenvalue weighted by atomic mass is 16.6. The quantitative estimate of drug-likeness (QED) is 0.515. The van der Waals surface area contributed by atoms with Crippen LogP contribution in [0.15, 0.2) is 12.2 Å². The van der Waals surface area contributed by atoms with Gasteiger partial charge in [-0.15, -0.1) is 0 Å². The first-order chi connectivity index (χ1) is 6.70. The van der Waals surface area contributed by atoms with Gasteiger partial charge in [-0.2, -0.15) is 0 Å². The van der Waals surface area contributed by atoms with Gasteiger partial charge in [0.05, 0.1) is 6.04 Å². The van der Waals surface area contributed by atoms with Gasteiger partial charge in [0.1, 0.15) is 18.8 Å². The summed E-state index contributed by atoms with van der Waals surface area (Å²) in [7, 11) is 0. The molecule has 1 fully saturated rings. The summed E-state index contributed by atoms with van der Waals surface area (Å²) in [5.41, 5.74) is 0. The Bertz CT molecular complexity index is 266. The van der Waals surface area contributed by atoms with Crippen LogP contribution in [0.5, 0.6) is 0 Å². The standard InChI is InChI=1S/C9H13NO4/c11-7-3-1-2-4-10-6(8(7)12)5-14-9(10)13/h1,3,6-8,11-12H,2,4-5H2/b3-1-. The molecule has 2 aliphatic rings. The van der Waals surface area contributed by atoms with E-state index in [1.807, 2.05) is 0 Å². The van der Waals surface area contributed by atoms with Crippen LogP contribution >= 0.6 is 0 Å². The number of carbonyl (C=O) groups is 1. The molecule has 0 aromatic heterocycles. The van der Waals surface area contributed by atoms with Crippen LogP contribution in [0.1, 0.15) is 6.42 Å². The van der Waals surface area contributed by atoms with E-state index in [9.17, 15) is 15.0 Å². The van der Waals surface area contributed by atoms with Crippen LogP contribution in [0.4, 0.5) is 4.79 Å². The van der Waals surface area contributed by atoms with E-state index in [4.69, 9.17) is 4.74 Å². The molecule has 0 radical (unpaired) electrons. The maximum atomic E-state index is 11.2. The van der Waals surface area contributed by atoms with Crippen LogP contribution < -0.4 is 0 Å². The number of nitrogens with zero attached hydrogens (tertiary/aromatic N) is 1. The van der Waals surface area contributed by atoms with Crippen LogP contribution in [-0.2, 0) is 4.74 Å². The molecule has 0 aromatic rings. The number of hydrogen-bond acceptors (Lipinski definition) is 4. The predicted octanol–water partition coefficient (Wildman–Crippen LogP) is -0.511. The highest BCUT2D eigenvalue weighted by Gasteiger charge is 2.40. The van der Waals surface area contributed by atoms with Crippen molar-refractivity contribution in [2.24, 2.45) is 0 Å². The van der Waals surface area contributed by atoms with Crippen molar-refractivity contribution in [1.29, 1.82) is 0 Å². The molecular formula is C9H13NO4. The third-order valence-electron chi connectivity index (χ3n) is 2.63. The topological polar surface area (TPSA) is 70.0 Å². The summed E-state index contributed by atoms with van der Waals surface area (Å²) in [5.74, 6) is 0. The summed E-state index contributed by atoms with van der Waals surface area (Å²) in [6, 6.07) is -0.414. The second-order valence-electron chi connectivity index (χ2n) is 3.54. The maximum absolute atomic E-state index is 11.2. The number of fused-ring (bicyclic) bond motifs is 1. The zero-order chi connectivity index (χ0) is 10.1. The van der Waals surface area contributed by atoms with E-state index in [2.05, 4.69) is 0 Å². The Balaban J connectivity index is 2.19. The van der Waals surface area contributed by atoms with E-state index in [-0.39, 0.29) is 6.61 Å². The number of amides is 1. The molecule has 2 rings (SSSR count). The largest absolute Gasteiger partial charge is 0.447 e. The van der Waals surface area contributed by atoms with Crippen LogP contribution in [-0.4, -0.2) is 52.6 Å². The summed E-state index contributed by atoms with van der Waals surface area (Å²) in [6.45, 7) is 0.689. The second kappa shape index (κ2) is 3.59. The lowest BCUT2D eigenvalue weighted by Gasteiger charge is -2.28. The van der Waals surface area contributed by atoms with E-state index in [1.54, 1.807) is 12.2 Å². The number of aliphatic hydroxyl groups is 2. The van der Waals surface area contributed by atoms with Gasteiger partial charge in [0.2, 0.25) is 0 Å². The van der Waals surface area contributed by atoms with E-state index >= 15 is 0 Å². The third kappa shape index (κ3) is 1.49. The summed E-state index contributed by atoms with van der Waals surface area (Å²) in [6.07, 6.45) is 1.71. The zero-order valence-electron chi connectivity index (χ0n) is 7.67. The van der Waals surface area contributed by atoms with Gasteiger partial charge in [0.15, 0.2) is 0 Å². The molecule has 2 aliphatic heterocycles. The number of ether oxygens (including phenoxy) is 1. The fourth-order valence-electron chi connectivity index (χ4n) is 1.80. The first-order valence-corrected chi connectivity index (χ1v) is 4.66. The molecule has 5 heteroatoms. The summed E-state index contributed by atoms with van der Waals surface area (Å²) < 4.78 is 4.82. The van der Waals surface area contributed by atoms with E-state index in [1.165, 1.54) is 4.90 Å². The second-order valence-corrected chi connectivity index (χ2v) is 3.54. The van der Waals surface area contributed by atoms with E-state index < -0.39 is 24.3 Å². The molecule has 5 nitrogen and oxygen atoms in total. The van der Waals surface area contributed by atoms with E-state index in [0.717, 1.165) is 0 Å². The Kier molecular flexibility index (Phi) is 2.43. The highest BCUT2D eigenvalue weighted by Crippen LogP contribution is 2.20. The number of aliphatic hydroxyl groups excluding tert-OH is 2. The average Bonchev–Trinajstić information content (AvgIpc) is 2.51. The number of cyclic esters (lactones) is 1. The van der Waals surface area contributed by atoms with Crippen molar-refractivity contribution >= 4 is 6.09 Å². The Morgan fingerprint density at radius 1 is 1.50 bits per heavy atom. The van der Waals surface area contributed by atoms with Gasteiger partial charge in [-0.3, -0.25) is 4.90 Å². The van der Waals surface area contributed by atoms with Gasteiger partial charge >= 0.3 is 6.09 Å². The first-order valence-electron chi connectivity index (χ1n) is 4.66. The summed E-state index contributed by atoms with van der Waals surface area (Å²) in [4.78, 5) is 12.7. The van der Waals surface area contributed by atoms with Gasteiger partial charge in [-0.1, -0.05) is 12.2 Å². The third-order valence-corrected chi connectivity index (χ3v) is 2.63. The van der Waals surface area contributed by atoms with Gasteiger partial charge < -0.3 is 14.9 Å². The molecule has 14 heavy (non-hydrogen) atoms. The SMILES string of the molecule is O=C1OCC2C(O)C(O)/C=C\CCN12. The van der Waals surface area contributed by atoms with Crippen LogP contribution in [0.3, 0.4) is 0 Å². The molecule has 3 atom stereocenters. The van der Waals surface area contributed by atoms with Crippen molar-refractivity contribution in [2.45, 2.75) is 24.7 Å². The molecular weight excluding hydrogens is 186 g/mol. The average molecular weight is 199 g/mol. The molecule has 0 bridgehead atoms. The van der Waals surface area contributed by atoms with Crippen molar-refractivity contribution in [3.8, 4) is 0 Å². The zero-order valence-corrected chi connectivity index (χ0v) is 7.67. The molecule has 2 heterocycles. The van der Waals surface area contributed by atoms with Crippen LogP contribution in [0, 0.1) is 0 Å². The van der Waals surface area contributed by atoms with Gasteiger partial charge in [-0.05, 0) is 6.42 Å². The lowest BCUT2D eigenvalue weighted by atomic mass is 10.0. The van der Waals surface area contributed by atoms with Crippen molar-refractivity contribution in [2.75, 3.05) is 13.2 Å². The van der Waals surface area contributed by atoms with Gasteiger partial charge in [0, 0.05) is 6.54 Å². The van der Waals surface area contributed by atoms with Crippen molar-refractivity contribution in [3.63, 3.8) is 0 Å². The van der Waals surface area contributed by atoms with Crippen LogP contribution in [0.25, 0.3) is 0 Å². The summed E-state index contributed by atoms with van der Waals surface area (Å²) >= 11 is 0. The van der Waals surface area contributed by atoms with Gasteiger partial charge in [-0.25, -0.2) is 4.79 Å². The monoisotopic (exact) mass is 199 g/mol. The van der Waals surface area contributed by atoms with Crippen molar-refractivity contribution in [3.05, 3.63) is 12.2 Å². The molecule has 3 unspecified atom stereocenters. The van der Waals surface area contributed by atoms with Gasteiger partial charge in [0.25, 0.3) is 0 Å². The molecule has 78 valence electrons. The minimum absolute atomic E-state index is 0.158. The molecule has 2 N–H and O–H groups in total. The Morgan fingerprint density at radius 3 is 3.07 bits per heavy atom. The molecule has 0 spiro atoms. The Labute approximate surface area is 81.6 Å². The number of hydrogen-bond donors (Lipinski definition) is 2. The fraction of sp³-hybridized carbons (Fsp3) is 0.667. The Hall–Kier alpha value is -1.07. The molecule has 0 saturated carbocycles. The molecule has 0 aliphatic carbocycles. The smallest absolute Gasteiger partial charge is 0.410 e. The van der Waals surface area contributed by atoms with Crippen molar-refractivity contribution < 1.29 is 19.7 Å². The first kappa shape index (κ1) is 9.48. The fourth-order valence-corrected chi connectivity index (χ4v) is 1.80. The van der Waals surface area contributed by atoms with Crippen LogP contribution in [0.2, 0.25) is 0 Å². The number of carbonyl (C=O) groups excluding carboxylic acids is 1. The lowest BCUT2D eigenvalue weighted by Crippen LogP contribution is -2.48. The molecule has 1 amide bonds. The Morgan fingerprint density at radius 2 is 2.29 bits per heavy atom. The van der Waals surface area contributed by atoms with E-state index in [0.29, 0.717) is 13.0 Å². The maximum Gasteiger partial charge on any atom is 0.410 e. The number of rotatable bonds is 0. The summed E-state index contributed by atoms with van der Waals surface area (Å²) in [5, 5.41) is 19.2. The highest BCUT2D eigenvalue weighted by molar-refractivity contribution is 5.70. The molecule has 0 aromatic carbocycles. The normalized spacial score (nSPS) is 39.7. The lowest BCUT2D eigenvalue weighted by molar-refractivity contribution is -0.000361. The van der Waals surface area contributed by atoms with Crippen molar-refractivity contribution in [1.82, 2.24) is 4.90 Å². The minimum Gasteiger partial charge on any atom is -0.447 e. The molecule has 1 saturated heterocycles.